The molecule has 0 aliphatic carbocycles. The molecule has 0 fully saturated rings. The standard InChI is InChI=1S/C9H13FN2/c1-5(2)7-3-6(10)4-8(11)9(7)12/h3-5H,11-12H2,1-2H3. The number of halogens is 1. The van der Waals surface area contributed by atoms with Crippen LogP contribution < -0.4 is 11.5 Å². The fourth-order valence-corrected chi connectivity index (χ4v) is 1.14. The molecule has 0 radical (unpaired) electrons. The van der Waals surface area contributed by atoms with Crippen molar-refractivity contribution in [3.8, 4) is 0 Å². The van der Waals surface area contributed by atoms with Crippen LogP contribution in [0.3, 0.4) is 0 Å². The number of hydrogen-bond donors (Lipinski definition) is 2. The summed E-state index contributed by atoms with van der Waals surface area (Å²) < 4.78 is 12.8. The van der Waals surface area contributed by atoms with Gasteiger partial charge in [-0.2, -0.15) is 0 Å². The molecule has 0 aromatic heterocycles. The van der Waals surface area contributed by atoms with Crippen molar-refractivity contribution in [2.45, 2.75) is 19.8 Å². The average Bonchev–Trinajstić information content (AvgIpc) is 1.96. The molecule has 1 aromatic rings. The van der Waals surface area contributed by atoms with Crippen molar-refractivity contribution in [3.05, 3.63) is 23.5 Å². The SMILES string of the molecule is CC(C)c1cc(F)cc(N)c1N. The Morgan fingerprint density at radius 3 is 2.33 bits per heavy atom. The van der Waals surface area contributed by atoms with Crippen LogP contribution in [0.4, 0.5) is 15.8 Å². The molecule has 4 N–H and O–H groups in total. The zero-order valence-corrected chi connectivity index (χ0v) is 7.26. The normalized spacial score (nSPS) is 10.7. The number of hydrogen-bond acceptors (Lipinski definition) is 2. The van der Waals surface area contributed by atoms with Gasteiger partial charge < -0.3 is 11.5 Å². The maximum Gasteiger partial charge on any atom is 0.125 e. The molecule has 3 heteroatoms. The predicted molar refractivity (Wildman–Crippen MR) is 49.3 cm³/mol. The van der Waals surface area contributed by atoms with Crippen LogP contribution in [-0.2, 0) is 0 Å². The quantitative estimate of drug-likeness (QED) is 0.631. The summed E-state index contributed by atoms with van der Waals surface area (Å²) in [6.45, 7) is 3.90. The summed E-state index contributed by atoms with van der Waals surface area (Å²) in [7, 11) is 0. The lowest BCUT2D eigenvalue weighted by Gasteiger charge is -2.11. The van der Waals surface area contributed by atoms with E-state index in [-0.39, 0.29) is 11.7 Å². The fourth-order valence-electron chi connectivity index (χ4n) is 1.14. The van der Waals surface area contributed by atoms with Gasteiger partial charge in [0.05, 0.1) is 11.4 Å². The van der Waals surface area contributed by atoms with Crippen LogP contribution >= 0.6 is 0 Å². The number of rotatable bonds is 1. The second-order valence-corrected chi connectivity index (χ2v) is 3.15. The first kappa shape index (κ1) is 8.84. The Labute approximate surface area is 71.4 Å². The lowest BCUT2D eigenvalue weighted by molar-refractivity contribution is 0.624. The van der Waals surface area contributed by atoms with Gasteiger partial charge >= 0.3 is 0 Å². The average molecular weight is 168 g/mol. The first-order valence-corrected chi connectivity index (χ1v) is 3.86. The third-order valence-corrected chi connectivity index (χ3v) is 1.83. The van der Waals surface area contributed by atoms with Crippen molar-refractivity contribution in [3.63, 3.8) is 0 Å². The van der Waals surface area contributed by atoms with Crippen LogP contribution in [0.1, 0.15) is 25.3 Å². The Morgan fingerprint density at radius 2 is 1.83 bits per heavy atom. The molecule has 0 bridgehead atoms. The largest absolute Gasteiger partial charge is 0.397 e. The van der Waals surface area contributed by atoms with Gasteiger partial charge in [0, 0.05) is 0 Å². The second-order valence-electron chi connectivity index (χ2n) is 3.15. The van der Waals surface area contributed by atoms with Gasteiger partial charge in [0.25, 0.3) is 0 Å². The van der Waals surface area contributed by atoms with E-state index >= 15 is 0 Å². The molecule has 0 heterocycles. The molecule has 0 spiro atoms. The van der Waals surface area contributed by atoms with Crippen LogP contribution in [0.2, 0.25) is 0 Å². The van der Waals surface area contributed by atoms with Gasteiger partial charge in [0.1, 0.15) is 5.82 Å². The highest BCUT2D eigenvalue weighted by molar-refractivity contribution is 5.68. The minimum atomic E-state index is -0.328. The van der Waals surface area contributed by atoms with Crippen molar-refractivity contribution >= 4 is 11.4 Å². The number of nitrogens with two attached hydrogens (primary N) is 2. The molecule has 0 aliphatic rings. The van der Waals surface area contributed by atoms with Crippen molar-refractivity contribution in [2.24, 2.45) is 0 Å². The van der Waals surface area contributed by atoms with E-state index < -0.39 is 0 Å². The Hall–Kier alpha value is -1.25. The van der Waals surface area contributed by atoms with Gasteiger partial charge in [0.2, 0.25) is 0 Å². The van der Waals surface area contributed by atoms with E-state index in [1.54, 1.807) is 0 Å². The summed E-state index contributed by atoms with van der Waals surface area (Å²) in [6.07, 6.45) is 0. The fraction of sp³-hybridized carbons (Fsp3) is 0.333. The van der Waals surface area contributed by atoms with Crippen LogP contribution in [0.15, 0.2) is 12.1 Å². The lowest BCUT2D eigenvalue weighted by Crippen LogP contribution is -2.02. The van der Waals surface area contributed by atoms with Gasteiger partial charge in [-0.05, 0) is 23.6 Å². The predicted octanol–water partition coefficient (Wildman–Crippen LogP) is 2.11. The highest BCUT2D eigenvalue weighted by Crippen LogP contribution is 2.27. The van der Waals surface area contributed by atoms with Crippen LogP contribution in [0, 0.1) is 5.82 Å². The smallest absolute Gasteiger partial charge is 0.125 e. The minimum Gasteiger partial charge on any atom is -0.397 e. The molecule has 0 amide bonds. The summed E-state index contributed by atoms with van der Waals surface area (Å²) in [6, 6.07) is 2.66. The summed E-state index contributed by atoms with van der Waals surface area (Å²) >= 11 is 0. The van der Waals surface area contributed by atoms with Crippen molar-refractivity contribution < 1.29 is 4.39 Å². The molecule has 0 saturated carbocycles. The Bertz CT molecular complexity index is 295. The molecule has 0 atom stereocenters. The summed E-state index contributed by atoms with van der Waals surface area (Å²) in [5, 5.41) is 0. The molecule has 2 nitrogen and oxygen atoms in total. The molecule has 66 valence electrons. The summed E-state index contributed by atoms with van der Waals surface area (Å²) in [5.74, 6) is -0.131. The highest BCUT2D eigenvalue weighted by Gasteiger charge is 2.08. The lowest BCUT2D eigenvalue weighted by atomic mass is 10.0. The third-order valence-electron chi connectivity index (χ3n) is 1.83. The molecule has 0 aliphatic heterocycles. The van der Waals surface area contributed by atoms with Crippen molar-refractivity contribution in [1.29, 1.82) is 0 Å². The summed E-state index contributed by atoms with van der Waals surface area (Å²) in [4.78, 5) is 0. The van der Waals surface area contributed by atoms with Gasteiger partial charge in [-0.15, -0.1) is 0 Å². The molecular formula is C9H13FN2. The number of nitrogen functional groups attached to an aromatic ring is 2. The highest BCUT2D eigenvalue weighted by atomic mass is 19.1. The Morgan fingerprint density at radius 1 is 1.25 bits per heavy atom. The monoisotopic (exact) mass is 168 g/mol. The van der Waals surface area contributed by atoms with Gasteiger partial charge in [-0.3, -0.25) is 0 Å². The van der Waals surface area contributed by atoms with E-state index in [1.165, 1.54) is 12.1 Å². The first-order chi connectivity index (χ1) is 5.52. The van der Waals surface area contributed by atoms with Gasteiger partial charge in [-0.1, -0.05) is 13.8 Å². The Kier molecular flexibility index (Phi) is 2.22. The maximum atomic E-state index is 12.8. The molecule has 0 saturated heterocycles. The van der Waals surface area contributed by atoms with E-state index in [1.807, 2.05) is 13.8 Å². The first-order valence-electron chi connectivity index (χ1n) is 3.86. The minimum absolute atomic E-state index is 0.197. The van der Waals surface area contributed by atoms with E-state index in [2.05, 4.69) is 0 Å². The van der Waals surface area contributed by atoms with Gasteiger partial charge in [0.15, 0.2) is 0 Å². The van der Waals surface area contributed by atoms with Crippen LogP contribution in [0.25, 0.3) is 0 Å². The molecule has 12 heavy (non-hydrogen) atoms. The molecule has 0 unspecified atom stereocenters. The van der Waals surface area contributed by atoms with E-state index in [0.717, 1.165) is 5.56 Å². The topological polar surface area (TPSA) is 52.0 Å². The number of benzene rings is 1. The van der Waals surface area contributed by atoms with Crippen molar-refractivity contribution in [1.82, 2.24) is 0 Å². The second kappa shape index (κ2) is 3.01. The third kappa shape index (κ3) is 1.49. The Balaban J connectivity index is 3.28. The van der Waals surface area contributed by atoms with Gasteiger partial charge in [-0.25, -0.2) is 4.39 Å². The van der Waals surface area contributed by atoms with Crippen LogP contribution in [0.5, 0.6) is 0 Å². The zero-order chi connectivity index (χ0) is 9.30. The molecule has 1 aromatic carbocycles. The van der Waals surface area contributed by atoms with E-state index in [9.17, 15) is 4.39 Å². The summed E-state index contributed by atoms with van der Waals surface area (Å²) in [5.41, 5.74) is 12.7. The molecular weight excluding hydrogens is 155 g/mol. The van der Waals surface area contributed by atoms with Crippen LogP contribution in [-0.4, -0.2) is 0 Å². The van der Waals surface area contributed by atoms with E-state index in [4.69, 9.17) is 11.5 Å². The maximum absolute atomic E-state index is 12.8. The van der Waals surface area contributed by atoms with Crippen molar-refractivity contribution in [2.75, 3.05) is 11.5 Å². The number of anilines is 2. The zero-order valence-electron chi connectivity index (χ0n) is 7.26. The van der Waals surface area contributed by atoms with E-state index in [0.29, 0.717) is 11.4 Å². The molecule has 1 rings (SSSR count).